The quantitative estimate of drug-likeness (QED) is 0.177. The van der Waals surface area contributed by atoms with E-state index in [2.05, 4.69) is 188 Å². The molecule has 0 aliphatic carbocycles. The fourth-order valence-corrected chi connectivity index (χ4v) is 7.22. The minimum absolute atomic E-state index is 0.955. The number of hydrogen-bond donors (Lipinski definition) is 0. The zero-order valence-corrected chi connectivity index (χ0v) is 26.3. The smallest absolute Gasteiger partial charge is 0.0787 e. The monoisotopic (exact) mass is 609 g/mol. The summed E-state index contributed by atoms with van der Waals surface area (Å²) >= 11 is 0. The van der Waals surface area contributed by atoms with Gasteiger partial charge in [-0.25, -0.2) is 4.98 Å². The van der Waals surface area contributed by atoms with Gasteiger partial charge in [-0.05, 0) is 78.3 Å². The maximum atomic E-state index is 5.33. The van der Waals surface area contributed by atoms with Crippen molar-refractivity contribution in [3.05, 3.63) is 188 Å². The van der Waals surface area contributed by atoms with Crippen LogP contribution in [0.1, 0.15) is 0 Å². The van der Waals surface area contributed by atoms with Gasteiger partial charge >= 0.3 is 0 Å². The fourth-order valence-electron chi connectivity index (χ4n) is 7.22. The van der Waals surface area contributed by atoms with Crippen LogP contribution in [0.3, 0.4) is 0 Å². The van der Waals surface area contributed by atoms with Gasteiger partial charge in [-0.15, -0.1) is 0 Å². The average Bonchev–Trinajstić information content (AvgIpc) is 3.17. The standard InChI is InChI=1S/C47H31N/c1-3-15-33(16-4-1)39-28-29-44(48-47(39)34-17-5-2-6-18-34)36-20-13-21-37(31-36)45-40-22-9-11-24-42(40)46(43-25-12-10-23-41(43)45)38-27-26-32-14-7-8-19-35(32)30-38/h1-31H. The van der Waals surface area contributed by atoms with Crippen molar-refractivity contribution in [2.24, 2.45) is 0 Å². The number of pyridine rings is 1. The fraction of sp³-hybridized carbons (Fsp3) is 0. The maximum Gasteiger partial charge on any atom is 0.0787 e. The van der Waals surface area contributed by atoms with Crippen LogP contribution in [0.5, 0.6) is 0 Å². The Labute approximate surface area is 280 Å². The molecule has 1 heteroatoms. The zero-order valence-electron chi connectivity index (χ0n) is 26.3. The van der Waals surface area contributed by atoms with Gasteiger partial charge in [0.1, 0.15) is 0 Å². The molecule has 0 aliphatic heterocycles. The summed E-state index contributed by atoms with van der Waals surface area (Å²) in [5.74, 6) is 0. The van der Waals surface area contributed by atoms with Gasteiger partial charge in [-0.3, -0.25) is 0 Å². The van der Waals surface area contributed by atoms with Crippen molar-refractivity contribution in [1.82, 2.24) is 4.98 Å². The molecule has 0 aliphatic rings. The Balaban J connectivity index is 1.24. The number of fused-ring (bicyclic) bond motifs is 3. The second-order valence-electron chi connectivity index (χ2n) is 12.3. The van der Waals surface area contributed by atoms with Crippen LogP contribution in [-0.4, -0.2) is 4.98 Å². The molecule has 0 atom stereocenters. The highest BCUT2D eigenvalue weighted by Crippen LogP contribution is 2.44. The van der Waals surface area contributed by atoms with Crippen molar-refractivity contribution in [2.75, 3.05) is 0 Å². The molecule has 9 rings (SSSR count). The maximum absolute atomic E-state index is 5.33. The van der Waals surface area contributed by atoms with Gasteiger partial charge in [0, 0.05) is 16.7 Å². The number of rotatable bonds is 5. The van der Waals surface area contributed by atoms with Crippen molar-refractivity contribution in [3.63, 3.8) is 0 Å². The van der Waals surface area contributed by atoms with Crippen LogP contribution in [0, 0.1) is 0 Å². The first kappa shape index (κ1) is 28.0. The molecule has 1 nitrogen and oxygen atoms in total. The zero-order chi connectivity index (χ0) is 31.9. The van der Waals surface area contributed by atoms with Crippen molar-refractivity contribution >= 4 is 32.3 Å². The third-order valence-electron chi connectivity index (χ3n) is 9.44. The first-order valence-corrected chi connectivity index (χ1v) is 16.5. The Morgan fingerprint density at radius 2 is 0.792 bits per heavy atom. The van der Waals surface area contributed by atoms with Crippen LogP contribution in [-0.2, 0) is 0 Å². The van der Waals surface area contributed by atoms with E-state index in [4.69, 9.17) is 4.98 Å². The molecule has 1 heterocycles. The molecule has 0 radical (unpaired) electrons. The summed E-state index contributed by atoms with van der Waals surface area (Å²) in [6.07, 6.45) is 0. The van der Waals surface area contributed by atoms with E-state index in [-0.39, 0.29) is 0 Å². The SMILES string of the molecule is c1ccc(-c2ccc(-c3cccc(-c4c5ccccc5c(-c5ccc6ccccc6c5)c5ccccc45)c3)nc2-c2ccccc2)cc1. The highest BCUT2D eigenvalue weighted by atomic mass is 14.7. The van der Waals surface area contributed by atoms with Crippen molar-refractivity contribution in [2.45, 2.75) is 0 Å². The van der Waals surface area contributed by atoms with E-state index in [0.29, 0.717) is 0 Å². The predicted molar refractivity (Wildman–Crippen MR) is 204 cm³/mol. The summed E-state index contributed by atoms with van der Waals surface area (Å²) in [6.45, 7) is 0. The molecule has 224 valence electrons. The van der Waals surface area contributed by atoms with Crippen molar-refractivity contribution in [3.8, 4) is 55.9 Å². The average molecular weight is 610 g/mol. The Morgan fingerprint density at radius 1 is 0.292 bits per heavy atom. The normalized spacial score (nSPS) is 11.3. The largest absolute Gasteiger partial charge is 0.247 e. The van der Waals surface area contributed by atoms with E-state index in [9.17, 15) is 0 Å². The molecule has 8 aromatic carbocycles. The minimum Gasteiger partial charge on any atom is -0.247 e. The minimum atomic E-state index is 0.955. The van der Waals surface area contributed by atoms with Crippen LogP contribution >= 0.6 is 0 Å². The van der Waals surface area contributed by atoms with Gasteiger partial charge < -0.3 is 0 Å². The van der Waals surface area contributed by atoms with Crippen molar-refractivity contribution < 1.29 is 0 Å². The molecule has 48 heavy (non-hydrogen) atoms. The van der Waals surface area contributed by atoms with Crippen LogP contribution < -0.4 is 0 Å². The molecule has 1 aromatic heterocycles. The lowest BCUT2D eigenvalue weighted by atomic mass is 9.85. The highest BCUT2D eigenvalue weighted by Gasteiger charge is 2.18. The van der Waals surface area contributed by atoms with E-state index < -0.39 is 0 Å². The number of benzene rings is 8. The van der Waals surface area contributed by atoms with E-state index in [1.165, 1.54) is 54.6 Å². The highest BCUT2D eigenvalue weighted by molar-refractivity contribution is 6.21. The van der Waals surface area contributed by atoms with Gasteiger partial charge in [-0.2, -0.15) is 0 Å². The number of aromatic nitrogens is 1. The topological polar surface area (TPSA) is 12.9 Å². The van der Waals surface area contributed by atoms with Crippen LogP contribution in [0.2, 0.25) is 0 Å². The first-order chi connectivity index (χ1) is 23.8. The van der Waals surface area contributed by atoms with Gasteiger partial charge in [0.05, 0.1) is 11.4 Å². The molecular formula is C47H31N. The van der Waals surface area contributed by atoms with E-state index >= 15 is 0 Å². The molecule has 0 unspecified atom stereocenters. The Morgan fingerprint density at radius 3 is 1.44 bits per heavy atom. The second kappa shape index (κ2) is 11.8. The van der Waals surface area contributed by atoms with Gasteiger partial charge in [0.15, 0.2) is 0 Å². The lowest BCUT2D eigenvalue weighted by molar-refractivity contribution is 1.32. The summed E-state index contributed by atoms with van der Waals surface area (Å²) in [6, 6.07) is 67.5. The summed E-state index contributed by atoms with van der Waals surface area (Å²) in [7, 11) is 0. The molecule has 0 spiro atoms. The van der Waals surface area contributed by atoms with Gasteiger partial charge in [0.2, 0.25) is 0 Å². The summed E-state index contributed by atoms with van der Waals surface area (Å²) in [5.41, 5.74) is 11.4. The summed E-state index contributed by atoms with van der Waals surface area (Å²) in [4.78, 5) is 5.33. The van der Waals surface area contributed by atoms with E-state index in [0.717, 1.165) is 33.6 Å². The molecule has 0 saturated carbocycles. The van der Waals surface area contributed by atoms with Crippen LogP contribution in [0.15, 0.2) is 188 Å². The third-order valence-corrected chi connectivity index (χ3v) is 9.44. The lowest BCUT2D eigenvalue weighted by Gasteiger charge is -2.18. The van der Waals surface area contributed by atoms with E-state index in [1.54, 1.807) is 0 Å². The molecule has 0 amide bonds. The molecule has 0 bridgehead atoms. The number of hydrogen-bond acceptors (Lipinski definition) is 1. The summed E-state index contributed by atoms with van der Waals surface area (Å²) in [5, 5.41) is 7.50. The third kappa shape index (κ3) is 4.85. The molecule has 9 aromatic rings. The van der Waals surface area contributed by atoms with E-state index in [1.807, 2.05) is 0 Å². The second-order valence-corrected chi connectivity index (χ2v) is 12.3. The van der Waals surface area contributed by atoms with Crippen LogP contribution in [0.25, 0.3) is 88.2 Å². The molecule has 0 N–H and O–H groups in total. The van der Waals surface area contributed by atoms with Crippen molar-refractivity contribution in [1.29, 1.82) is 0 Å². The molecule has 0 saturated heterocycles. The Hall–Kier alpha value is -6.31. The van der Waals surface area contributed by atoms with Gasteiger partial charge in [0.25, 0.3) is 0 Å². The predicted octanol–water partition coefficient (Wildman–Crippen LogP) is 12.9. The first-order valence-electron chi connectivity index (χ1n) is 16.5. The van der Waals surface area contributed by atoms with Gasteiger partial charge in [-0.1, -0.05) is 170 Å². The molecular weight excluding hydrogens is 579 g/mol. The summed E-state index contributed by atoms with van der Waals surface area (Å²) < 4.78 is 0. The number of nitrogens with zero attached hydrogens (tertiary/aromatic N) is 1. The Kier molecular flexibility index (Phi) is 6.87. The molecule has 0 fully saturated rings. The lowest BCUT2D eigenvalue weighted by Crippen LogP contribution is -1.94. The van der Waals surface area contributed by atoms with Crippen LogP contribution in [0.4, 0.5) is 0 Å². The Bertz CT molecular complexity index is 2540.